The van der Waals surface area contributed by atoms with E-state index in [1.54, 1.807) is 0 Å². The third-order valence-corrected chi connectivity index (χ3v) is 5.62. The van der Waals surface area contributed by atoms with E-state index in [0.29, 0.717) is 25.0 Å². The van der Waals surface area contributed by atoms with Gasteiger partial charge in [-0.1, -0.05) is 44.2 Å². The Morgan fingerprint density at radius 3 is 2.45 bits per heavy atom. The zero-order chi connectivity index (χ0) is 21.3. The lowest BCUT2D eigenvalue weighted by molar-refractivity contribution is 0.00752. The Morgan fingerprint density at radius 1 is 1.13 bits per heavy atom. The molecule has 1 saturated heterocycles. The van der Waals surface area contributed by atoms with Crippen LogP contribution >= 0.6 is 24.0 Å². The SMILES string of the molecule is Cc1nnc(CNC(=NCc2ccccc2)NCC(C(C)C)N2CCOCC2)n1C.I. The lowest BCUT2D eigenvalue weighted by Crippen LogP contribution is -2.52. The topological polar surface area (TPSA) is 79.6 Å². The zero-order valence-corrected chi connectivity index (χ0v) is 21.4. The van der Waals surface area contributed by atoms with Gasteiger partial charge < -0.3 is 19.9 Å². The highest BCUT2D eigenvalue weighted by Gasteiger charge is 2.24. The molecular weight excluding hydrogens is 505 g/mol. The van der Waals surface area contributed by atoms with Crippen molar-refractivity contribution in [2.75, 3.05) is 32.8 Å². The van der Waals surface area contributed by atoms with Gasteiger partial charge >= 0.3 is 0 Å². The number of ether oxygens (including phenoxy) is 1. The number of hydrogen-bond donors (Lipinski definition) is 2. The summed E-state index contributed by atoms with van der Waals surface area (Å²) < 4.78 is 7.52. The second kappa shape index (κ2) is 13.0. The van der Waals surface area contributed by atoms with Crippen molar-refractivity contribution in [2.24, 2.45) is 18.0 Å². The molecule has 8 nitrogen and oxygen atoms in total. The van der Waals surface area contributed by atoms with Gasteiger partial charge in [-0.2, -0.15) is 0 Å². The average Bonchev–Trinajstić information content (AvgIpc) is 3.08. The normalized spacial score (nSPS) is 16.1. The van der Waals surface area contributed by atoms with E-state index < -0.39 is 0 Å². The van der Waals surface area contributed by atoms with Gasteiger partial charge in [0.1, 0.15) is 5.82 Å². The molecule has 0 saturated carbocycles. The van der Waals surface area contributed by atoms with E-state index in [-0.39, 0.29) is 24.0 Å². The first-order chi connectivity index (χ1) is 14.5. The average molecular weight is 541 g/mol. The number of hydrogen-bond acceptors (Lipinski definition) is 5. The molecule has 2 N–H and O–H groups in total. The molecule has 1 aliphatic heterocycles. The van der Waals surface area contributed by atoms with Gasteiger partial charge in [-0.15, -0.1) is 34.2 Å². The van der Waals surface area contributed by atoms with Crippen LogP contribution in [0.4, 0.5) is 0 Å². The molecule has 0 spiro atoms. The van der Waals surface area contributed by atoms with Crippen LogP contribution in [-0.4, -0.2) is 64.5 Å². The zero-order valence-electron chi connectivity index (χ0n) is 19.0. The monoisotopic (exact) mass is 541 g/mol. The van der Waals surface area contributed by atoms with E-state index in [1.165, 1.54) is 5.56 Å². The molecule has 1 aliphatic rings. The van der Waals surface area contributed by atoms with Crippen molar-refractivity contribution >= 4 is 29.9 Å². The smallest absolute Gasteiger partial charge is 0.192 e. The minimum atomic E-state index is 0. The lowest BCUT2D eigenvalue weighted by atomic mass is 10.0. The van der Waals surface area contributed by atoms with Gasteiger partial charge in [-0.25, -0.2) is 4.99 Å². The van der Waals surface area contributed by atoms with Crippen molar-refractivity contribution in [3.63, 3.8) is 0 Å². The standard InChI is InChI=1S/C22H35N7O.HI/c1-17(2)20(29-10-12-30-13-11-29)15-24-22(23-14-19-8-6-5-7-9-19)25-16-21-27-26-18(3)28(21)4;/h5-9,17,20H,10-16H2,1-4H3,(H2,23,24,25);1H. The summed E-state index contributed by atoms with van der Waals surface area (Å²) in [7, 11) is 1.98. The van der Waals surface area contributed by atoms with Crippen LogP contribution in [0.5, 0.6) is 0 Å². The maximum Gasteiger partial charge on any atom is 0.192 e. The first kappa shape index (κ1) is 25.5. The van der Waals surface area contributed by atoms with Gasteiger partial charge in [0.05, 0.1) is 26.3 Å². The van der Waals surface area contributed by atoms with Crippen LogP contribution < -0.4 is 10.6 Å². The Hall–Kier alpha value is -1.72. The summed E-state index contributed by atoms with van der Waals surface area (Å²) in [4.78, 5) is 7.33. The molecule has 1 unspecified atom stereocenters. The highest BCUT2D eigenvalue weighted by Crippen LogP contribution is 2.12. The van der Waals surface area contributed by atoms with E-state index in [2.05, 4.69) is 51.7 Å². The Balaban J connectivity index is 0.00000341. The third-order valence-electron chi connectivity index (χ3n) is 5.62. The second-order valence-electron chi connectivity index (χ2n) is 8.07. The molecule has 172 valence electrons. The van der Waals surface area contributed by atoms with Crippen LogP contribution in [0.1, 0.15) is 31.1 Å². The second-order valence-corrected chi connectivity index (χ2v) is 8.07. The van der Waals surface area contributed by atoms with Crippen molar-refractivity contribution < 1.29 is 4.74 Å². The van der Waals surface area contributed by atoms with E-state index in [9.17, 15) is 0 Å². The predicted molar refractivity (Wildman–Crippen MR) is 135 cm³/mol. The van der Waals surface area contributed by atoms with Gasteiger partial charge in [0.25, 0.3) is 0 Å². The van der Waals surface area contributed by atoms with Gasteiger partial charge in [0, 0.05) is 32.7 Å². The number of rotatable bonds is 8. The van der Waals surface area contributed by atoms with E-state index in [1.807, 2.05) is 36.7 Å². The van der Waals surface area contributed by atoms with Gasteiger partial charge in [-0.05, 0) is 18.4 Å². The number of nitrogens with zero attached hydrogens (tertiary/aromatic N) is 5. The van der Waals surface area contributed by atoms with Crippen LogP contribution in [-0.2, 0) is 24.9 Å². The summed E-state index contributed by atoms with van der Waals surface area (Å²) in [5, 5.41) is 15.4. The van der Waals surface area contributed by atoms with Crippen LogP contribution in [0, 0.1) is 12.8 Å². The van der Waals surface area contributed by atoms with Crippen LogP contribution in [0.15, 0.2) is 35.3 Å². The number of aliphatic imine (C=N–C) groups is 1. The van der Waals surface area contributed by atoms with E-state index in [0.717, 1.165) is 50.5 Å². The van der Waals surface area contributed by atoms with Crippen LogP contribution in [0.25, 0.3) is 0 Å². The summed E-state index contributed by atoms with van der Waals surface area (Å²) in [5.74, 6) is 3.11. The minimum absolute atomic E-state index is 0. The number of halogens is 1. The molecule has 9 heteroatoms. The summed E-state index contributed by atoms with van der Waals surface area (Å²) in [6, 6.07) is 10.7. The van der Waals surface area contributed by atoms with Crippen molar-refractivity contribution in [1.29, 1.82) is 0 Å². The number of aryl methyl sites for hydroxylation is 1. The molecule has 1 aromatic heterocycles. The van der Waals surface area contributed by atoms with Crippen molar-refractivity contribution in [1.82, 2.24) is 30.3 Å². The molecule has 1 aromatic carbocycles. The van der Waals surface area contributed by atoms with Gasteiger partial charge in [-0.3, -0.25) is 4.90 Å². The molecule has 3 rings (SSSR count). The molecule has 0 aliphatic carbocycles. The molecule has 0 bridgehead atoms. The molecular formula is C22H36IN7O. The molecule has 0 radical (unpaired) electrons. The Labute approximate surface area is 202 Å². The fourth-order valence-electron chi connectivity index (χ4n) is 3.59. The molecule has 31 heavy (non-hydrogen) atoms. The Kier molecular flexibility index (Phi) is 10.7. The fraction of sp³-hybridized carbons (Fsp3) is 0.591. The number of benzene rings is 1. The molecule has 1 atom stereocenters. The number of morpholine rings is 1. The third kappa shape index (κ3) is 7.73. The number of aromatic nitrogens is 3. The Bertz CT molecular complexity index is 803. The summed E-state index contributed by atoms with van der Waals surface area (Å²) in [5.41, 5.74) is 1.18. The first-order valence-corrected chi connectivity index (χ1v) is 10.8. The first-order valence-electron chi connectivity index (χ1n) is 10.8. The van der Waals surface area contributed by atoms with Gasteiger partial charge in [0.15, 0.2) is 11.8 Å². The van der Waals surface area contributed by atoms with E-state index >= 15 is 0 Å². The van der Waals surface area contributed by atoms with Crippen LogP contribution in [0.3, 0.4) is 0 Å². The molecule has 2 aromatic rings. The van der Waals surface area contributed by atoms with E-state index in [4.69, 9.17) is 9.73 Å². The van der Waals surface area contributed by atoms with Crippen molar-refractivity contribution in [2.45, 2.75) is 39.9 Å². The van der Waals surface area contributed by atoms with Crippen molar-refractivity contribution in [3.8, 4) is 0 Å². The fourth-order valence-corrected chi connectivity index (χ4v) is 3.59. The van der Waals surface area contributed by atoms with Crippen molar-refractivity contribution in [3.05, 3.63) is 47.5 Å². The molecule has 0 amide bonds. The summed E-state index contributed by atoms with van der Waals surface area (Å²) >= 11 is 0. The highest BCUT2D eigenvalue weighted by molar-refractivity contribution is 14.0. The quantitative estimate of drug-likeness (QED) is 0.304. The summed E-state index contributed by atoms with van der Waals surface area (Å²) in [6.45, 7) is 12.1. The maximum atomic E-state index is 5.53. The largest absolute Gasteiger partial charge is 0.379 e. The minimum Gasteiger partial charge on any atom is -0.379 e. The number of nitrogens with one attached hydrogen (secondary N) is 2. The Morgan fingerprint density at radius 2 is 1.84 bits per heavy atom. The van der Waals surface area contributed by atoms with Gasteiger partial charge in [0.2, 0.25) is 0 Å². The molecule has 2 heterocycles. The highest BCUT2D eigenvalue weighted by atomic mass is 127. The molecule has 1 fully saturated rings. The number of guanidine groups is 1. The maximum absolute atomic E-state index is 5.53. The predicted octanol–water partition coefficient (Wildman–Crippen LogP) is 2.33. The lowest BCUT2D eigenvalue weighted by Gasteiger charge is -2.37. The summed E-state index contributed by atoms with van der Waals surface area (Å²) in [6.07, 6.45) is 0. The van der Waals surface area contributed by atoms with Crippen LogP contribution in [0.2, 0.25) is 0 Å².